The van der Waals surface area contributed by atoms with Gasteiger partial charge in [0.05, 0.1) is 6.33 Å². The molecule has 1 aliphatic rings. The molecule has 24 heavy (non-hydrogen) atoms. The van der Waals surface area contributed by atoms with Crippen molar-refractivity contribution in [3.05, 3.63) is 54.2 Å². The van der Waals surface area contributed by atoms with Crippen LogP contribution in [0.15, 0.2) is 41.3 Å². The Hall–Kier alpha value is -2.54. The third-order valence-corrected chi connectivity index (χ3v) is 4.32. The Balaban J connectivity index is 1.57. The van der Waals surface area contributed by atoms with E-state index in [-0.39, 0.29) is 17.8 Å². The summed E-state index contributed by atoms with van der Waals surface area (Å²) in [5, 5.41) is 8.27. The lowest BCUT2D eigenvalue weighted by atomic mass is 10.0. The lowest BCUT2D eigenvalue weighted by molar-refractivity contribution is 0.0642. The molecule has 124 valence electrons. The number of hydrogen-bond donors (Lipinski definition) is 0. The molecule has 7 heteroatoms. The maximum Gasteiger partial charge on any atom is 0.248 e. The van der Waals surface area contributed by atoms with Gasteiger partial charge in [-0.2, -0.15) is 0 Å². The fourth-order valence-corrected chi connectivity index (χ4v) is 3.08. The van der Waals surface area contributed by atoms with Gasteiger partial charge in [0.2, 0.25) is 11.8 Å². The van der Waals surface area contributed by atoms with Gasteiger partial charge in [0, 0.05) is 37.0 Å². The Kier molecular flexibility index (Phi) is 3.86. The van der Waals surface area contributed by atoms with Gasteiger partial charge in [0.15, 0.2) is 0 Å². The predicted octanol–water partition coefficient (Wildman–Crippen LogP) is 3.16. The quantitative estimate of drug-likeness (QED) is 0.736. The highest BCUT2D eigenvalue weighted by Crippen LogP contribution is 2.36. The zero-order valence-corrected chi connectivity index (χ0v) is 13.2. The highest BCUT2D eigenvalue weighted by Gasteiger charge is 2.34. The molecule has 0 unspecified atom stereocenters. The Morgan fingerprint density at radius 1 is 1.33 bits per heavy atom. The minimum atomic E-state index is -0.282. The lowest BCUT2D eigenvalue weighted by Crippen LogP contribution is -2.14. The number of aromatic nitrogens is 4. The topological polar surface area (TPSA) is 66.0 Å². The molecule has 3 aromatic rings. The van der Waals surface area contributed by atoms with E-state index in [0.717, 1.165) is 24.1 Å². The Morgan fingerprint density at radius 2 is 2.25 bits per heavy atom. The van der Waals surface area contributed by atoms with Gasteiger partial charge in [-0.1, -0.05) is 0 Å². The molecule has 0 saturated carbocycles. The molecule has 1 fully saturated rings. The van der Waals surface area contributed by atoms with Crippen LogP contribution in [0.25, 0.3) is 11.5 Å². The average Bonchev–Trinajstić information content (AvgIpc) is 3.28. The normalized spacial score (nSPS) is 20.6. The van der Waals surface area contributed by atoms with Crippen LogP contribution in [0, 0.1) is 18.7 Å². The van der Waals surface area contributed by atoms with Crippen molar-refractivity contribution in [3.8, 4) is 11.5 Å². The van der Waals surface area contributed by atoms with E-state index in [2.05, 4.69) is 15.2 Å². The number of imidazole rings is 1. The maximum atomic E-state index is 13.3. The minimum absolute atomic E-state index is 0.227. The molecule has 0 radical (unpaired) electrons. The Morgan fingerprint density at radius 3 is 3.04 bits per heavy atom. The van der Waals surface area contributed by atoms with Gasteiger partial charge in [-0.25, -0.2) is 9.37 Å². The summed E-state index contributed by atoms with van der Waals surface area (Å²) < 4.78 is 26.9. The van der Waals surface area contributed by atoms with Crippen LogP contribution in [0.1, 0.15) is 24.0 Å². The summed E-state index contributed by atoms with van der Waals surface area (Å²) >= 11 is 0. The van der Waals surface area contributed by atoms with Crippen molar-refractivity contribution in [1.82, 2.24) is 19.7 Å². The standard InChI is InChI=1S/C17H17FN4O2/c1-11-8-13(18)2-3-14(11)16-20-21-17(24-16)15-12(4-7-23-15)9-22-6-5-19-10-22/h2-3,5-6,8,10,12,15H,4,7,9H2,1H3/t12-,15-/m0/s1. The first-order chi connectivity index (χ1) is 11.7. The van der Waals surface area contributed by atoms with Crippen LogP contribution in [0.5, 0.6) is 0 Å². The number of aryl methyl sites for hydroxylation is 1. The van der Waals surface area contributed by atoms with Crippen LogP contribution in [-0.2, 0) is 11.3 Å². The Labute approximate surface area is 138 Å². The van der Waals surface area contributed by atoms with Gasteiger partial charge in [0.25, 0.3) is 0 Å². The van der Waals surface area contributed by atoms with E-state index in [4.69, 9.17) is 9.15 Å². The van der Waals surface area contributed by atoms with E-state index in [1.54, 1.807) is 18.6 Å². The van der Waals surface area contributed by atoms with E-state index < -0.39 is 0 Å². The monoisotopic (exact) mass is 328 g/mol. The summed E-state index contributed by atoms with van der Waals surface area (Å²) in [6.45, 7) is 3.27. The highest BCUT2D eigenvalue weighted by molar-refractivity contribution is 5.57. The molecule has 0 aliphatic carbocycles. The second kappa shape index (κ2) is 6.16. The molecule has 0 spiro atoms. The smallest absolute Gasteiger partial charge is 0.248 e. The van der Waals surface area contributed by atoms with Crippen LogP contribution in [-0.4, -0.2) is 26.4 Å². The van der Waals surface area contributed by atoms with Crippen LogP contribution in [0.4, 0.5) is 4.39 Å². The van der Waals surface area contributed by atoms with Crippen molar-refractivity contribution in [3.63, 3.8) is 0 Å². The first-order valence-corrected chi connectivity index (χ1v) is 7.88. The van der Waals surface area contributed by atoms with Crippen molar-refractivity contribution >= 4 is 0 Å². The van der Waals surface area contributed by atoms with Gasteiger partial charge < -0.3 is 13.7 Å². The maximum absolute atomic E-state index is 13.3. The van der Waals surface area contributed by atoms with E-state index in [0.29, 0.717) is 18.4 Å². The van der Waals surface area contributed by atoms with E-state index in [1.165, 1.54) is 12.1 Å². The molecule has 1 saturated heterocycles. The van der Waals surface area contributed by atoms with Crippen molar-refractivity contribution in [2.24, 2.45) is 5.92 Å². The zero-order valence-electron chi connectivity index (χ0n) is 13.2. The van der Waals surface area contributed by atoms with Gasteiger partial charge in [-0.05, 0) is 37.1 Å². The number of halogens is 1. The first kappa shape index (κ1) is 15.0. The average molecular weight is 328 g/mol. The van der Waals surface area contributed by atoms with E-state index in [1.807, 2.05) is 17.7 Å². The van der Waals surface area contributed by atoms with Crippen molar-refractivity contribution in [2.45, 2.75) is 26.0 Å². The second-order valence-corrected chi connectivity index (χ2v) is 6.00. The van der Waals surface area contributed by atoms with Gasteiger partial charge >= 0.3 is 0 Å². The molecule has 4 rings (SSSR count). The van der Waals surface area contributed by atoms with Crippen LogP contribution >= 0.6 is 0 Å². The third-order valence-electron chi connectivity index (χ3n) is 4.32. The van der Waals surface area contributed by atoms with Crippen LogP contribution in [0.2, 0.25) is 0 Å². The van der Waals surface area contributed by atoms with Gasteiger partial charge in [0.1, 0.15) is 11.9 Å². The summed E-state index contributed by atoms with van der Waals surface area (Å²) in [7, 11) is 0. The molecule has 2 atom stereocenters. The summed E-state index contributed by atoms with van der Waals surface area (Å²) in [5.41, 5.74) is 1.49. The van der Waals surface area contributed by atoms with Crippen LogP contribution < -0.4 is 0 Å². The van der Waals surface area contributed by atoms with Gasteiger partial charge in [-0.15, -0.1) is 10.2 Å². The molecule has 0 amide bonds. The summed E-state index contributed by atoms with van der Waals surface area (Å²) in [6, 6.07) is 4.49. The van der Waals surface area contributed by atoms with Gasteiger partial charge in [-0.3, -0.25) is 0 Å². The Bertz CT molecular complexity index is 831. The number of rotatable bonds is 4. The van der Waals surface area contributed by atoms with Crippen molar-refractivity contribution in [1.29, 1.82) is 0 Å². The second-order valence-electron chi connectivity index (χ2n) is 6.00. The minimum Gasteiger partial charge on any atom is -0.418 e. The zero-order chi connectivity index (χ0) is 16.5. The molecule has 6 nitrogen and oxygen atoms in total. The fourth-order valence-electron chi connectivity index (χ4n) is 3.08. The molecule has 3 heterocycles. The third kappa shape index (κ3) is 2.82. The molecule has 0 N–H and O–H groups in total. The molecule has 2 aromatic heterocycles. The SMILES string of the molecule is Cc1cc(F)ccc1-c1nnc([C@H]2OCC[C@H]2Cn2ccnc2)o1. The first-order valence-electron chi connectivity index (χ1n) is 7.88. The number of hydrogen-bond acceptors (Lipinski definition) is 5. The number of ether oxygens (including phenoxy) is 1. The molecule has 0 bridgehead atoms. The predicted molar refractivity (Wildman–Crippen MR) is 83.5 cm³/mol. The van der Waals surface area contributed by atoms with Crippen molar-refractivity contribution < 1.29 is 13.5 Å². The molecule has 1 aromatic carbocycles. The summed E-state index contributed by atoms with van der Waals surface area (Å²) in [6.07, 6.45) is 6.17. The fraction of sp³-hybridized carbons (Fsp3) is 0.353. The summed E-state index contributed by atoms with van der Waals surface area (Å²) in [4.78, 5) is 4.06. The highest BCUT2D eigenvalue weighted by atomic mass is 19.1. The van der Waals surface area contributed by atoms with Crippen molar-refractivity contribution in [2.75, 3.05) is 6.61 Å². The largest absolute Gasteiger partial charge is 0.418 e. The molecular formula is C17H17FN4O2. The molecular weight excluding hydrogens is 311 g/mol. The number of benzene rings is 1. The molecule has 1 aliphatic heterocycles. The van der Waals surface area contributed by atoms with Crippen LogP contribution in [0.3, 0.4) is 0 Å². The van der Waals surface area contributed by atoms with E-state index in [9.17, 15) is 4.39 Å². The van der Waals surface area contributed by atoms with E-state index >= 15 is 0 Å². The lowest BCUT2D eigenvalue weighted by Gasteiger charge is -2.15. The summed E-state index contributed by atoms with van der Waals surface area (Å²) in [5.74, 6) is 0.827. The number of nitrogens with zero attached hydrogens (tertiary/aromatic N) is 4.